The van der Waals surface area contributed by atoms with Crippen LogP contribution < -0.4 is 10.2 Å². The fourth-order valence-electron chi connectivity index (χ4n) is 2.54. The topological polar surface area (TPSA) is 101 Å². The first kappa shape index (κ1) is 19.0. The standard InChI is InChI=1S/C17H22N6O3S/c1-17(2,3)26-16(25)23-6-4-22(5-7-23)14-8-13(19-11-20-14)21-15-18-9-12(10-24)27-15/h8-11H,4-7H2,1-3H3,(H,18,19,20,21). The van der Waals surface area contributed by atoms with Crippen molar-refractivity contribution in [1.29, 1.82) is 0 Å². The van der Waals surface area contributed by atoms with Gasteiger partial charge in [-0.2, -0.15) is 0 Å². The first-order valence-electron chi connectivity index (χ1n) is 8.57. The molecular weight excluding hydrogens is 368 g/mol. The summed E-state index contributed by atoms with van der Waals surface area (Å²) in [7, 11) is 0. The highest BCUT2D eigenvalue weighted by atomic mass is 32.1. The molecule has 1 aliphatic rings. The SMILES string of the molecule is CC(C)(C)OC(=O)N1CCN(c2cc(Nc3ncc(C=O)s3)ncn2)CC1. The zero-order valence-electron chi connectivity index (χ0n) is 15.5. The Kier molecular flexibility index (Phi) is 5.54. The van der Waals surface area contributed by atoms with Crippen LogP contribution in [0.5, 0.6) is 0 Å². The Labute approximate surface area is 161 Å². The minimum Gasteiger partial charge on any atom is -0.444 e. The second-order valence-corrected chi connectivity index (χ2v) is 8.09. The molecule has 1 aliphatic heterocycles. The summed E-state index contributed by atoms with van der Waals surface area (Å²) in [5, 5.41) is 3.67. The zero-order chi connectivity index (χ0) is 19.4. The lowest BCUT2D eigenvalue weighted by Crippen LogP contribution is -2.50. The molecule has 144 valence electrons. The summed E-state index contributed by atoms with van der Waals surface area (Å²) >= 11 is 1.25. The Morgan fingerprint density at radius 3 is 2.59 bits per heavy atom. The van der Waals surface area contributed by atoms with E-state index in [0.717, 1.165) is 12.1 Å². The number of anilines is 3. The molecule has 0 spiro atoms. The monoisotopic (exact) mass is 390 g/mol. The van der Waals surface area contributed by atoms with Gasteiger partial charge in [0.1, 0.15) is 23.6 Å². The van der Waals surface area contributed by atoms with Crippen molar-refractivity contribution in [1.82, 2.24) is 19.9 Å². The van der Waals surface area contributed by atoms with Gasteiger partial charge in [-0.15, -0.1) is 0 Å². The van der Waals surface area contributed by atoms with Crippen molar-refractivity contribution >= 4 is 40.5 Å². The third-order valence-electron chi connectivity index (χ3n) is 3.78. The smallest absolute Gasteiger partial charge is 0.410 e. The summed E-state index contributed by atoms with van der Waals surface area (Å²) < 4.78 is 5.42. The summed E-state index contributed by atoms with van der Waals surface area (Å²) in [4.78, 5) is 39.9. The molecule has 0 aromatic carbocycles. The van der Waals surface area contributed by atoms with Gasteiger partial charge in [-0.05, 0) is 20.8 Å². The van der Waals surface area contributed by atoms with E-state index in [1.54, 1.807) is 4.90 Å². The molecule has 2 aromatic rings. The van der Waals surface area contributed by atoms with Crippen LogP contribution in [0.15, 0.2) is 18.6 Å². The molecule has 1 N–H and O–H groups in total. The van der Waals surface area contributed by atoms with Crippen LogP contribution in [0.25, 0.3) is 0 Å². The van der Waals surface area contributed by atoms with Gasteiger partial charge in [0.05, 0.1) is 11.1 Å². The van der Waals surface area contributed by atoms with E-state index in [1.807, 2.05) is 26.8 Å². The molecule has 3 heterocycles. The van der Waals surface area contributed by atoms with Crippen LogP contribution in [0, 0.1) is 0 Å². The third-order valence-corrected chi connectivity index (χ3v) is 4.62. The highest BCUT2D eigenvalue weighted by molar-refractivity contribution is 7.17. The van der Waals surface area contributed by atoms with Crippen molar-refractivity contribution in [3.05, 3.63) is 23.5 Å². The van der Waals surface area contributed by atoms with E-state index in [0.29, 0.717) is 42.0 Å². The Morgan fingerprint density at radius 1 is 1.22 bits per heavy atom. The molecule has 1 amide bonds. The molecule has 0 bridgehead atoms. The van der Waals surface area contributed by atoms with Crippen LogP contribution in [0.1, 0.15) is 30.4 Å². The average Bonchev–Trinajstić information content (AvgIpc) is 3.08. The number of nitrogens with zero attached hydrogens (tertiary/aromatic N) is 5. The molecule has 27 heavy (non-hydrogen) atoms. The first-order chi connectivity index (χ1) is 12.8. The van der Waals surface area contributed by atoms with Gasteiger partial charge in [-0.1, -0.05) is 11.3 Å². The quantitative estimate of drug-likeness (QED) is 0.795. The second-order valence-electron chi connectivity index (χ2n) is 7.03. The van der Waals surface area contributed by atoms with Crippen LogP contribution in [0.4, 0.5) is 21.6 Å². The minimum absolute atomic E-state index is 0.290. The van der Waals surface area contributed by atoms with E-state index in [1.165, 1.54) is 23.9 Å². The van der Waals surface area contributed by atoms with Gasteiger partial charge in [-0.25, -0.2) is 19.7 Å². The number of ether oxygens (including phenoxy) is 1. The molecule has 1 fully saturated rings. The summed E-state index contributed by atoms with van der Waals surface area (Å²) in [6.07, 6.45) is 3.46. The van der Waals surface area contributed by atoms with Crippen LogP contribution in [0.2, 0.25) is 0 Å². The number of amides is 1. The number of hydrogen-bond donors (Lipinski definition) is 1. The van der Waals surface area contributed by atoms with Crippen LogP contribution in [0.3, 0.4) is 0 Å². The summed E-state index contributed by atoms with van der Waals surface area (Å²) in [6.45, 7) is 8.02. The van der Waals surface area contributed by atoms with E-state index in [4.69, 9.17) is 4.74 Å². The van der Waals surface area contributed by atoms with Crippen LogP contribution in [-0.2, 0) is 4.74 Å². The molecular formula is C17H22N6O3S. The lowest BCUT2D eigenvalue weighted by molar-refractivity contribution is 0.0240. The average molecular weight is 390 g/mol. The van der Waals surface area contributed by atoms with Gasteiger partial charge in [0.15, 0.2) is 11.4 Å². The van der Waals surface area contributed by atoms with E-state index in [9.17, 15) is 9.59 Å². The number of nitrogens with one attached hydrogen (secondary N) is 1. The van der Waals surface area contributed by atoms with E-state index >= 15 is 0 Å². The lowest BCUT2D eigenvalue weighted by atomic mass is 10.2. The van der Waals surface area contributed by atoms with Crippen molar-refractivity contribution in [2.24, 2.45) is 0 Å². The van der Waals surface area contributed by atoms with Crippen molar-refractivity contribution in [3.8, 4) is 0 Å². The number of aromatic nitrogens is 3. The Balaban J connectivity index is 1.59. The maximum Gasteiger partial charge on any atom is 0.410 e. The van der Waals surface area contributed by atoms with E-state index in [2.05, 4.69) is 25.2 Å². The van der Waals surface area contributed by atoms with E-state index in [-0.39, 0.29) is 6.09 Å². The summed E-state index contributed by atoms with van der Waals surface area (Å²) in [5.41, 5.74) is -0.499. The minimum atomic E-state index is -0.499. The number of carbonyl (C=O) groups excluding carboxylic acids is 2. The predicted octanol–water partition coefficient (Wildman–Crippen LogP) is 2.55. The molecule has 2 aromatic heterocycles. The van der Waals surface area contributed by atoms with Gasteiger partial charge in [0.25, 0.3) is 0 Å². The largest absolute Gasteiger partial charge is 0.444 e. The molecule has 0 atom stereocenters. The van der Waals surface area contributed by atoms with Crippen LogP contribution in [-0.4, -0.2) is 64.0 Å². The van der Waals surface area contributed by atoms with Gasteiger partial charge in [0.2, 0.25) is 0 Å². The van der Waals surface area contributed by atoms with Crippen molar-refractivity contribution in [2.45, 2.75) is 26.4 Å². The van der Waals surface area contributed by atoms with Gasteiger partial charge < -0.3 is 19.9 Å². The third kappa shape index (κ3) is 5.13. The fourth-order valence-corrected chi connectivity index (χ4v) is 3.18. The second kappa shape index (κ2) is 7.87. The van der Waals surface area contributed by atoms with Crippen molar-refractivity contribution in [3.63, 3.8) is 0 Å². The van der Waals surface area contributed by atoms with Gasteiger partial charge in [-0.3, -0.25) is 4.79 Å². The van der Waals surface area contributed by atoms with Crippen molar-refractivity contribution in [2.75, 3.05) is 36.4 Å². The molecule has 9 nitrogen and oxygen atoms in total. The normalized spacial score (nSPS) is 14.8. The number of aldehydes is 1. The Morgan fingerprint density at radius 2 is 1.96 bits per heavy atom. The van der Waals surface area contributed by atoms with Crippen LogP contribution >= 0.6 is 11.3 Å². The molecule has 3 rings (SSSR count). The van der Waals surface area contributed by atoms with Gasteiger partial charge >= 0.3 is 6.09 Å². The van der Waals surface area contributed by atoms with Gasteiger partial charge in [0, 0.05) is 32.2 Å². The Bertz CT molecular complexity index is 811. The summed E-state index contributed by atoms with van der Waals surface area (Å²) in [6, 6.07) is 1.82. The number of rotatable bonds is 4. The molecule has 0 radical (unpaired) electrons. The molecule has 0 unspecified atom stereocenters. The highest BCUT2D eigenvalue weighted by Crippen LogP contribution is 2.23. The molecule has 1 saturated heterocycles. The van der Waals surface area contributed by atoms with Crippen molar-refractivity contribution < 1.29 is 14.3 Å². The zero-order valence-corrected chi connectivity index (χ0v) is 16.3. The molecule has 0 aliphatic carbocycles. The number of thiazole rings is 1. The number of carbonyl (C=O) groups is 2. The maximum absolute atomic E-state index is 12.2. The molecule has 10 heteroatoms. The summed E-state index contributed by atoms with van der Waals surface area (Å²) in [5.74, 6) is 1.37. The number of hydrogen-bond acceptors (Lipinski definition) is 9. The van der Waals surface area contributed by atoms with E-state index < -0.39 is 5.60 Å². The Hall–Kier alpha value is -2.75. The number of piperazine rings is 1. The highest BCUT2D eigenvalue weighted by Gasteiger charge is 2.26. The fraction of sp³-hybridized carbons (Fsp3) is 0.471. The first-order valence-corrected chi connectivity index (χ1v) is 9.39. The predicted molar refractivity (Wildman–Crippen MR) is 103 cm³/mol. The lowest BCUT2D eigenvalue weighted by Gasteiger charge is -2.36. The maximum atomic E-state index is 12.2. The molecule has 0 saturated carbocycles.